The summed E-state index contributed by atoms with van der Waals surface area (Å²) in [6, 6.07) is 1.76. The Balaban J connectivity index is 1.85. The highest BCUT2D eigenvalue weighted by Crippen LogP contribution is 2.24. The van der Waals surface area contributed by atoms with E-state index in [1.54, 1.807) is 19.9 Å². The highest BCUT2D eigenvalue weighted by Gasteiger charge is 2.44. The zero-order chi connectivity index (χ0) is 42.7. The fourth-order valence-corrected chi connectivity index (χ4v) is 5.44. The van der Waals surface area contributed by atoms with Crippen molar-refractivity contribution in [3.05, 3.63) is 23.8 Å². The van der Waals surface area contributed by atoms with Crippen LogP contribution in [0.25, 0.3) is 0 Å². The van der Waals surface area contributed by atoms with Gasteiger partial charge in [-0.2, -0.15) is 0 Å². The second-order valence-electron chi connectivity index (χ2n) is 13.8. The Bertz CT molecular complexity index is 1480. The predicted molar refractivity (Wildman–Crippen MR) is 204 cm³/mol. The normalized spacial score (nSPS) is 20.7. The number of hydrogen-bond donors (Lipinski definition) is 11. The van der Waals surface area contributed by atoms with Crippen LogP contribution in [0.1, 0.15) is 70.2 Å². The van der Waals surface area contributed by atoms with E-state index in [9.17, 15) is 44.1 Å². The molecule has 1 aliphatic rings. The number of rotatable bonds is 23. The lowest BCUT2D eigenvalue weighted by molar-refractivity contribution is -0.302. The molecule has 8 atom stereocenters. The van der Waals surface area contributed by atoms with Gasteiger partial charge in [0.05, 0.1) is 38.5 Å². The number of carbonyl (C=O) groups excluding carboxylic acids is 6. The fourth-order valence-electron chi connectivity index (χ4n) is 5.44. The SMILES string of the molecule is COc1ccc(NC(C)=O)cc1C(=O)NNC(=O)[C@H](CCCCN)NC(=O)CCOC[C@H]1O[C@@H](OCCCNC(=O)[C@@H](NC(=O)[C@H](C)N)C(C)C)[C@H](O)[C@@H](O)[C@@H]1O. The van der Waals surface area contributed by atoms with Gasteiger partial charge in [0.1, 0.15) is 42.2 Å². The maximum Gasteiger partial charge on any atom is 0.273 e. The maximum atomic E-state index is 13.1. The van der Waals surface area contributed by atoms with Crippen LogP contribution in [0, 0.1) is 5.92 Å². The van der Waals surface area contributed by atoms with Crippen LogP contribution in [0.15, 0.2) is 18.2 Å². The smallest absolute Gasteiger partial charge is 0.273 e. The van der Waals surface area contributed by atoms with E-state index in [0.717, 1.165) is 0 Å². The quantitative estimate of drug-likeness (QED) is 0.0394. The van der Waals surface area contributed by atoms with Crippen LogP contribution < -0.4 is 48.3 Å². The number of aliphatic hydroxyl groups excluding tert-OH is 3. The van der Waals surface area contributed by atoms with Crippen molar-refractivity contribution < 1.29 is 63.0 Å². The first-order valence-electron chi connectivity index (χ1n) is 18.8. The molecular formula is C36H60N8O13. The van der Waals surface area contributed by atoms with E-state index >= 15 is 0 Å². The summed E-state index contributed by atoms with van der Waals surface area (Å²) in [7, 11) is 1.35. The fraction of sp³-hybridized carbons (Fsp3) is 0.667. The molecule has 1 saturated heterocycles. The van der Waals surface area contributed by atoms with Crippen molar-refractivity contribution in [1.29, 1.82) is 0 Å². The Hall–Kier alpha value is -4.48. The highest BCUT2D eigenvalue weighted by molar-refractivity contribution is 6.00. The number of amides is 6. The first-order chi connectivity index (χ1) is 27.0. The van der Waals surface area contributed by atoms with Gasteiger partial charge in [0.2, 0.25) is 23.6 Å². The van der Waals surface area contributed by atoms with Crippen molar-refractivity contribution in [3.8, 4) is 5.75 Å². The molecule has 13 N–H and O–H groups in total. The molecule has 0 unspecified atom stereocenters. The van der Waals surface area contributed by atoms with Gasteiger partial charge < -0.3 is 67.0 Å². The molecule has 0 saturated carbocycles. The lowest BCUT2D eigenvalue weighted by Crippen LogP contribution is -2.59. The predicted octanol–water partition coefficient (Wildman–Crippen LogP) is -2.75. The molecule has 57 heavy (non-hydrogen) atoms. The van der Waals surface area contributed by atoms with Gasteiger partial charge in [0.25, 0.3) is 11.8 Å². The van der Waals surface area contributed by atoms with Crippen molar-refractivity contribution >= 4 is 41.1 Å². The van der Waals surface area contributed by atoms with E-state index < -0.39 is 78.4 Å². The van der Waals surface area contributed by atoms with E-state index in [2.05, 4.69) is 32.1 Å². The average Bonchev–Trinajstić information content (AvgIpc) is 3.16. The molecule has 0 aromatic heterocycles. The number of carbonyl (C=O) groups is 6. The Kier molecular flexibility index (Phi) is 21.3. The maximum absolute atomic E-state index is 13.1. The third-order valence-electron chi connectivity index (χ3n) is 8.65. The minimum absolute atomic E-state index is 0.0131. The van der Waals surface area contributed by atoms with Crippen LogP contribution in [0.5, 0.6) is 5.75 Å². The van der Waals surface area contributed by atoms with Crippen LogP contribution in [-0.2, 0) is 38.2 Å². The van der Waals surface area contributed by atoms with Gasteiger partial charge >= 0.3 is 0 Å². The van der Waals surface area contributed by atoms with Gasteiger partial charge in [-0.1, -0.05) is 13.8 Å². The van der Waals surface area contributed by atoms with Crippen LogP contribution in [0.2, 0.25) is 0 Å². The molecule has 1 aromatic carbocycles. The zero-order valence-electron chi connectivity index (χ0n) is 33.1. The van der Waals surface area contributed by atoms with Crippen LogP contribution in [0.3, 0.4) is 0 Å². The molecule has 1 fully saturated rings. The molecule has 6 amide bonds. The molecule has 21 heteroatoms. The first-order valence-corrected chi connectivity index (χ1v) is 18.8. The van der Waals surface area contributed by atoms with E-state index in [1.165, 1.54) is 33.1 Å². The Morgan fingerprint density at radius 3 is 2.25 bits per heavy atom. The minimum Gasteiger partial charge on any atom is -0.496 e. The zero-order valence-corrected chi connectivity index (χ0v) is 33.1. The van der Waals surface area contributed by atoms with Crippen molar-refractivity contribution in [1.82, 2.24) is 26.8 Å². The molecule has 0 bridgehead atoms. The second kappa shape index (κ2) is 25.0. The van der Waals surface area contributed by atoms with Crippen LogP contribution in [-0.4, -0.2) is 140 Å². The molecule has 0 radical (unpaired) electrons. The summed E-state index contributed by atoms with van der Waals surface area (Å²) in [5.74, 6) is -3.25. The third-order valence-corrected chi connectivity index (χ3v) is 8.65. The molecule has 1 aromatic rings. The topological polar surface area (TPSA) is 324 Å². The minimum atomic E-state index is -1.64. The number of unbranched alkanes of at least 4 members (excludes halogenated alkanes) is 1. The molecule has 322 valence electrons. The van der Waals surface area contributed by atoms with Gasteiger partial charge in [-0.25, -0.2) is 0 Å². The molecule has 0 aliphatic carbocycles. The van der Waals surface area contributed by atoms with E-state index in [1.807, 2.05) is 0 Å². The molecular weight excluding hydrogens is 752 g/mol. The number of ether oxygens (including phenoxy) is 4. The third kappa shape index (κ3) is 16.5. The summed E-state index contributed by atoms with van der Waals surface area (Å²) in [5.41, 5.74) is 16.1. The lowest BCUT2D eigenvalue weighted by Gasteiger charge is -2.40. The number of benzene rings is 1. The van der Waals surface area contributed by atoms with Crippen molar-refractivity contribution in [2.75, 3.05) is 45.3 Å². The standard InChI is InChI=1S/C36H60N8O13/c1-19(2)28(42-32(50)20(3)38)35(53)39-14-8-15-56-36-31(49)30(48)29(47)26(57-36)18-55-16-12-27(46)41-24(9-6-7-13-37)34(52)44-43-33(51)23-17-22(40-21(4)45)10-11-25(23)54-5/h10-11,17,19-20,24,26,28-31,36,47-49H,6-9,12-16,18,37-38H2,1-5H3,(H,39,53)(H,40,45)(H,41,46)(H,42,50)(H,43,51)(H,44,52)/t20-,24-,26+,28-,29+,30-,31+,36+/m0/s1. The molecule has 1 heterocycles. The van der Waals surface area contributed by atoms with Gasteiger partial charge in [0.15, 0.2) is 6.29 Å². The molecule has 21 nitrogen and oxygen atoms in total. The number of anilines is 1. The van der Waals surface area contributed by atoms with Crippen LogP contribution in [0.4, 0.5) is 5.69 Å². The van der Waals surface area contributed by atoms with E-state index in [-0.39, 0.29) is 68.8 Å². The number of hydrogen-bond acceptors (Lipinski definition) is 15. The van der Waals surface area contributed by atoms with Gasteiger partial charge in [-0.05, 0) is 63.3 Å². The van der Waals surface area contributed by atoms with Gasteiger partial charge in [-0.15, -0.1) is 0 Å². The largest absolute Gasteiger partial charge is 0.496 e. The Morgan fingerprint density at radius 2 is 1.61 bits per heavy atom. The van der Waals surface area contributed by atoms with E-state index in [4.69, 9.17) is 30.4 Å². The van der Waals surface area contributed by atoms with Crippen molar-refractivity contribution in [3.63, 3.8) is 0 Å². The lowest BCUT2D eigenvalue weighted by atomic mass is 9.99. The summed E-state index contributed by atoms with van der Waals surface area (Å²) < 4.78 is 22.0. The molecule has 0 spiro atoms. The van der Waals surface area contributed by atoms with Gasteiger partial charge in [-0.3, -0.25) is 39.6 Å². The average molecular weight is 813 g/mol. The summed E-state index contributed by atoms with van der Waals surface area (Å²) in [5, 5.41) is 41.8. The number of nitrogens with one attached hydrogen (secondary N) is 6. The summed E-state index contributed by atoms with van der Waals surface area (Å²) in [6.45, 7) is 6.40. The second-order valence-corrected chi connectivity index (χ2v) is 13.8. The van der Waals surface area contributed by atoms with E-state index in [0.29, 0.717) is 25.1 Å². The first kappa shape index (κ1) is 48.7. The number of hydrazine groups is 1. The molecule has 1 aliphatic heterocycles. The number of methoxy groups -OCH3 is 1. The Labute approximate surface area is 331 Å². The van der Waals surface area contributed by atoms with Gasteiger partial charge in [0, 0.05) is 25.6 Å². The summed E-state index contributed by atoms with van der Waals surface area (Å²) in [4.78, 5) is 74.8. The monoisotopic (exact) mass is 812 g/mol. The highest BCUT2D eigenvalue weighted by atomic mass is 16.7. The molecule has 2 rings (SSSR count). The Morgan fingerprint density at radius 1 is 0.895 bits per heavy atom. The van der Waals surface area contributed by atoms with Crippen molar-refractivity contribution in [2.45, 2.75) is 109 Å². The number of aliphatic hydroxyl groups is 3. The summed E-state index contributed by atoms with van der Waals surface area (Å²) >= 11 is 0. The van der Waals surface area contributed by atoms with Crippen LogP contribution >= 0.6 is 0 Å². The van der Waals surface area contributed by atoms with Crippen molar-refractivity contribution in [2.24, 2.45) is 17.4 Å². The summed E-state index contributed by atoms with van der Waals surface area (Å²) in [6.07, 6.45) is -5.96. The number of nitrogens with two attached hydrogens (primary N) is 2.